The highest BCUT2D eigenvalue weighted by Gasteiger charge is 2.17. The SMILES string of the molecule is CN(C)c1cc(NC(=O)CCC(=O)On2c(O)ccc2O)c(N=Nc2nc3ccccc3s2)cc1Cl. The third kappa shape index (κ3) is 5.73. The van der Waals surface area contributed by atoms with E-state index in [1.807, 2.05) is 24.3 Å². The summed E-state index contributed by atoms with van der Waals surface area (Å²) in [7, 11) is 3.61. The minimum Gasteiger partial charge on any atom is -0.492 e. The summed E-state index contributed by atoms with van der Waals surface area (Å²) in [5, 5.41) is 31.2. The number of carbonyl (C=O) groups is 2. The first kappa shape index (κ1) is 24.9. The van der Waals surface area contributed by atoms with E-state index in [0.29, 0.717) is 31.9 Å². The van der Waals surface area contributed by atoms with Gasteiger partial charge in [-0.05, 0) is 24.3 Å². The van der Waals surface area contributed by atoms with E-state index >= 15 is 0 Å². The summed E-state index contributed by atoms with van der Waals surface area (Å²) in [4.78, 5) is 35.7. The first-order chi connectivity index (χ1) is 17.2. The van der Waals surface area contributed by atoms with Crippen LogP contribution in [0, 0.1) is 0 Å². The number of fused-ring (bicyclic) bond motifs is 1. The molecule has 0 atom stereocenters. The third-order valence-corrected chi connectivity index (χ3v) is 6.12. The average molecular weight is 529 g/mol. The summed E-state index contributed by atoms with van der Waals surface area (Å²) in [5.74, 6) is -2.22. The molecule has 0 aliphatic heterocycles. The van der Waals surface area contributed by atoms with Crippen LogP contribution in [0.1, 0.15) is 12.8 Å². The number of rotatable bonds is 8. The van der Waals surface area contributed by atoms with E-state index in [-0.39, 0.29) is 12.8 Å². The summed E-state index contributed by atoms with van der Waals surface area (Å²) in [6.07, 6.45) is -0.532. The first-order valence-electron chi connectivity index (χ1n) is 10.6. The van der Waals surface area contributed by atoms with Crippen LogP contribution in [0.3, 0.4) is 0 Å². The molecule has 2 heterocycles. The molecule has 3 N–H and O–H groups in total. The maximum atomic E-state index is 12.6. The number of halogens is 1. The standard InChI is InChI=1S/C23H21ClN6O5S/c1-29(2)17-12-15(25-19(31)7-10-22(34)35-30-20(32)8-9-21(30)33)16(11-13(17)24)27-28-23-26-14-5-3-4-6-18(14)36-23/h3-6,8-9,11-12,32-33H,7,10H2,1-2H3,(H,25,31). The maximum absolute atomic E-state index is 12.6. The Morgan fingerprint density at radius 3 is 2.53 bits per heavy atom. The summed E-state index contributed by atoms with van der Waals surface area (Å²) in [6, 6.07) is 13.2. The number of aromatic nitrogens is 2. The lowest BCUT2D eigenvalue weighted by atomic mass is 10.2. The normalized spacial score (nSPS) is 11.2. The molecule has 0 spiro atoms. The minimum atomic E-state index is -0.826. The van der Waals surface area contributed by atoms with Crippen LogP contribution < -0.4 is 15.1 Å². The lowest BCUT2D eigenvalue weighted by Crippen LogP contribution is -2.21. The largest absolute Gasteiger partial charge is 0.492 e. The van der Waals surface area contributed by atoms with E-state index < -0.39 is 23.6 Å². The Morgan fingerprint density at radius 1 is 1.11 bits per heavy atom. The smallest absolute Gasteiger partial charge is 0.333 e. The Bertz CT molecular complexity index is 1410. The lowest BCUT2D eigenvalue weighted by Gasteiger charge is -2.17. The van der Waals surface area contributed by atoms with E-state index in [1.165, 1.54) is 11.3 Å². The second-order valence-electron chi connectivity index (χ2n) is 7.73. The van der Waals surface area contributed by atoms with Gasteiger partial charge in [-0.2, -0.15) is 0 Å². The van der Waals surface area contributed by atoms with Gasteiger partial charge in [0, 0.05) is 32.6 Å². The summed E-state index contributed by atoms with van der Waals surface area (Å²) < 4.78 is 1.53. The molecule has 2 aromatic carbocycles. The number of carbonyl (C=O) groups excluding carboxylic acids is 2. The van der Waals surface area contributed by atoms with Crippen LogP contribution in [0.5, 0.6) is 11.8 Å². The van der Waals surface area contributed by atoms with Crippen LogP contribution in [0.15, 0.2) is 58.8 Å². The van der Waals surface area contributed by atoms with E-state index in [9.17, 15) is 19.8 Å². The second-order valence-corrected chi connectivity index (χ2v) is 9.15. The molecule has 11 nitrogen and oxygen atoms in total. The van der Waals surface area contributed by atoms with Gasteiger partial charge < -0.3 is 25.3 Å². The van der Waals surface area contributed by atoms with Crippen molar-refractivity contribution in [1.82, 2.24) is 9.71 Å². The topological polar surface area (TPSA) is 142 Å². The molecule has 0 saturated carbocycles. The Hall–Kier alpha value is -4.16. The maximum Gasteiger partial charge on any atom is 0.333 e. The van der Waals surface area contributed by atoms with Gasteiger partial charge in [-0.15, -0.1) is 15.0 Å². The van der Waals surface area contributed by atoms with Crippen LogP contribution >= 0.6 is 22.9 Å². The van der Waals surface area contributed by atoms with Gasteiger partial charge in [-0.1, -0.05) is 35.1 Å². The van der Waals surface area contributed by atoms with Crippen molar-refractivity contribution in [3.63, 3.8) is 0 Å². The Morgan fingerprint density at radius 2 is 1.83 bits per heavy atom. The van der Waals surface area contributed by atoms with Crippen LogP contribution in [0.25, 0.3) is 10.2 Å². The van der Waals surface area contributed by atoms with Gasteiger partial charge >= 0.3 is 5.97 Å². The van der Waals surface area contributed by atoms with Gasteiger partial charge in [-0.3, -0.25) is 4.79 Å². The van der Waals surface area contributed by atoms with Gasteiger partial charge in [0.05, 0.1) is 33.0 Å². The molecule has 13 heteroatoms. The molecule has 0 radical (unpaired) electrons. The van der Waals surface area contributed by atoms with Crippen LogP contribution in [-0.2, 0) is 9.59 Å². The van der Waals surface area contributed by atoms with Crippen LogP contribution in [0.2, 0.25) is 5.02 Å². The van der Waals surface area contributed by atoms with Gasteiger partial charge in [0.1, 0.15) is 5.69 Å². The van der Waals surface area contributed by atoms with Crippen molar-refractivity contribution in [2.45, 2.75) is 12.8 Å². The van der Waals surface area contributed by atoms with Crippen molar-refractivity contribution in [2.24, 2.45) is 10.2 Å². The molecule has 4 aromatic rings. The zero-order valence-corrected chi connectivity index (χ0v) is 20.7. The Balaban J connectivity index is 1.49. The first-order valence-corrected chi connectivity index (χ1v) is 11.8. The highest BCUT2D eigenvalue weighted by Crippen LogP contribution is 2.38. The van der Waals surface area contributed by atoms with Gasteiger partial charge in [0.15, 0.2) is 0 Å². The number of anilines is 2. The molecule has 186 valence electrons. The second kappa shape index (κ2) is 10.6. The number of thiazole rings is 1. The van der Waals surface area contributed by atoms with Gasteiger partial charge in [0.25, 0.3) is 0 Å². The van der Waals surface area contributed by atoms with Crippen molar-refractivity contribution in [1.29, 1.82) is 0 Å². The minimum absolute atomic E-state index is 0.226. The van der Waals surface area contributed by atoms with Crippen molar-refractivity contribution in [3.8, 4) is 11.8 Å². The van der Waals surface area contributed by atoms with Crippen molar-refractivity contribution < 1.29 is 24.6 Å². The van der Waals surface area contributed by atoms with Crippen LogP contribution in [0.4, 0.5) is 22.2 Å². The molecule has 0 aliphatic carbocycles. The summed E-state index contributed by atoms with van der Waals surface area (Å²) >= 11 is 7.78. The third-order valence-electron chi connectivity index (χ3n) is 4.89. The highest BCUT2D eigenvalue weighted by atomic mass is 35.5. The number of azo groups is 1. The number of para-hydroxylation sites is 1. The van der Waals surface area contributed by atoms with Crippen molar-refractivity contribution in [3.05, 3.63) is 53.6 Å². The number of hydrogen-bond acceptors (Lipinski definition) is 10. The Kier molecular flexibility index (Phi) is 7.36. The monoisotopic (exact) mass is 528 g/mol. The molecule has 0 fully saturated rings. The Labute approximate surface area is 214 Å². The number of nitrogens with zero attached hydrogens (tertiary/aromatic N) is 5. The molecular weight excluding hydrogens is 508 g/mol. The van der Waals surface area contributed by atoms with Crippen molar-refractivity contribution >= 4 is 67.2 Å². The highest BCUT2D eigenvalue weighted by molar-refractivity contribution is 7.21. The molecular formula is C23H21ClN6O5S. The molecule has 0 bridgehead atoms. The molecule has 2 aromatic heterocycles. The van der Waals surface area contributed by atoms with E-state index in [1.54, 1.807) is 31.1 Å². The van der Waals surface area contributed by atoms with Gasteiger partial charge in [-0.25, -0.2) is 9.78 Å². The number of hydrogen-bond donors (Lipinski definition) is 3. The van der Waals surface area contributed by atoms with E-state index in [4.69, 9.17) is 16.4 Å². The average Bonchev–Trinajstić information content (AvgIpc) is 3.40. The zero-order valence-electron chi connectivity index (χ0n) is 19.2. The fourth-order valence-electron chi connectivity index (χ4n) is 3.15. The molecule has 4 rings (SSSR count). The summed E-state index contributed by atoms with van der Waals surface area (Å²) in [6.45, 7) is 0. The van der Waals surface area contributed by atoms with Crippen LogP contribution in [-0.4, -0.2) is 45.9 Å². The number of amides is 1. The van der Waals surface area contributed by atoms with Crippen molar-refractivity contribution in [2.75, 3.05) is 24.3 Å². The van der Waals surface area contributed by atoms with Gasteiger partial charge in [0.2, 0.25) is 22.8 Å². The molecule has 1 amide bonds. The molecule has 36 heavy (non-hydrogen) atoms. The number of nitrogens with one attached hydrogen (secondary N) is 1. The fraction of sp³-hybridized carbons (Fsp3) is 0.174. The number of benzene rings is 2. The van der Waals surface area contributed by atoms with E-state index in [0.717, 1.165) is 22.3 Å². The summed E-state index contributed by atoms with van der Waals surface area (Å²) in [5.41, 5.74) is 2.10. The predicted molar refractivity (Wildman–Crippen MR) is 137 cm³/mol. The number of aromatic hydroxyl groups is 2. The lowest BCUT2D eigenvalue weighted by molar-refractivity contribution is -0.146. The zero-order chi connectivity index (χ0) is 25.8. The fourth-order valence-corrected chi connectivity index (χ4v) is 4.26. The molecule has 0 unspecified atom stereocenters. The quantitative estimate of drug-likeness (QED) is 0.273. The molecule has 0 saturated heterocycles. The predicted octanol–water partition coefficient (Wildman–Crippen LogP) is 5.02. The molecule has 0 aliphatic rings. The van der Waals surface area contributed by atoms with E-state index in [2.05, 4.69) is 20.5 Å².